The van der Waals surface area contributed by atoms with Gasteiger partial charge in [-0.15, -0.1) is 0 Å². The smallest absolute Gasteiger partial charge is 0.338 e. The van der Waals surface area contributed by atoms with Crippen molar-refractivity contribution in [3.05, 3.63) is 28.3 Å². The van der Waals surface area contributed by atoms with E-state index in [0.717, 1.165) is 29.5 Å². The highest BCUT2D eigenvalue weighted by molar-refractivity contribution is 5.93. The van der Waals surface area contributed by atoms with Crippen molar-refractivity contribution in [1.82, 2.24) is 0 Å². The number of carbonyl (C=O) groups is 1. The van der Waals surface area contributed by atoms with Gasteiger partial charge in [0.1, 0.15) is 5.75 Å². The van der Waals surface area contributed by atoms with E-state index in [1.165, 1.54) is 0 Å². The highest BCUT2D eigenvalue weighted by atomic mass is 16.5. The lowest BCUT2D eigenvalue weighted by Gasteiger charge is -2.13. The zero-order valence-electron chi connectivity index (χ0n) is 11.0. The van der Waals surface area contributed by atoms with Crippen LogP contribution in [-0.2, 0) is 4.74 Å². The molecule has 0 fully saturated rings. The predicted octanol–water partition coefficient (Wildman–Crippen LogP) is 3.27. The van der Waals surface area contributed by atoms with E-state index in [9.17, 15) is 9.90 Å². The number of hydrogen-bond donors (Lipinski definition) is 1. The van der Waals surface area contributed by atoms with Gasteiger partial charge in [0.2, 0.25) is 0 Å². The van der Waals surface area contributed by atoms with Gasteiger partial charge in [0.15, 0.2) is 0 Å². The molecule has 0 bridgehead atoms. The van der Waals surface area contributed by atoms with Crippen molar-refractivity contribution in [3.63, 3.8) is 0 Å². The summed E-state index contributed by atoms with van der Waals surface area (Å²) in [4.78, 5) is 11.9. The molecular formula is C14H20O3. The van der Waals surface area contributed by atoms with Crippen LogP contribution in [0.3, 0.4) is 0 Å². The van der Waals surface area contributed by atoms with Crippen molar-refractivity contribution >= 4 is 5.97 Å². The molecule has 1 N–H and O–H groups in total. The first-order valence-electron chi connectivity index (χ1n) is 5.95. The molecule has 1 rings (SSSR count). The molecule has 0 saturated heterocycles. The molecule has 3 nitrogen and oxygen atoms in total. The number of aromatic hydroxyl groups is 1. The number of unbranched alkanes of at least 4 members (excludes halogenated alkanes) is 1. The summed E-state index contributed by atoms with van der Waals surface area (Å²) >= 11 is 0. The Kier molecular flexibility index (Phi) is 4.55. The van der Waals surface area contributed by atoms with E-state index in [-0.39, 0.29) is 11.7 Å². The molecule has 0 aliphatic carbocycles. The number of hydrogen-bond acceptors (Lipinski definition) is 3. The summed E-state index contributed by atoms with van der Waals surface area (Å²) in [5.41, 5.74) is 2.87. The average Bonchev–Trinajstić information content (AvgIpc) is 2.26. The molecule has 17 heavy (non-hydrogen) atoms. The Morgan fingerprint density at radius 2 is 1.94 bits per heavy atom. The van der Waals surface area contributed by atoms with Gasteiger partial charge in [-0.1, -0.05) is 13.3 Å². The van der Waals surface area contributed by atoms with E-state index in [2.05, 4.69) is 6.92 Å². The third-order valence-electron chi connectivity index (χ3n) is 3.00. The van der Waals surface area contributed by atoms with Gasteiger partial charge in [-0.05, 0) is 49.9 Å². The Bertz CT molecular complexity index is 422. The normalized spacial score (nSPS) is 10.4. The van der Waals surface area contributed by atoms with Crippen LogP contribution in [0.2, 0.25) is 0 Å². The Balaban J connectivity index is 2.97. The van der Waals surface area contributed by atoms with Gasteiger partial charge in [-0.3, -0.25) is 0 Å². The fourth-order valence-electron chi connectivity index (χ4n) is 1.76. The lowest BCUT2D eigenvalue weighted by Crippen LogP contribution is -2.11. The van der Waals surface area contributed by atoms with Crippen molar-refractivity contribution in [3.8, 4) is 5.75 Å². The van der Waals surface area contributed by atoms with E-state index >= 15 is 0 Å². The Morgan fingerprint density at radius 3 is 2.53 bits per heavy atom. The van der Waals surface area contributed by atoms with Gasteiger partial charge >= 0.3 is 5.97 Å². The minimum atomic E-state index is -0.295. The standard InChI is InChI=1S/C14H20O3/c1-5-6-7-17-14(16)13-9(2)8-12(15)10(3)11(13)4/h8,15H,5-7H2,1-4H3. The number of phenols is 1. The van der Waals surface area contributed by atoms with Gasteiger partial charge in [0.25, 0.3) is 0 Å². The molecule has 0 spiro atoms. The number of aryl methyl sites for hydroxylation is 1. The van der Waals surface area contributed by atoms with Crippen molar-refractivity contribution in [2.45, 2.75) is 40.5 Å². The maximum atomic E-state index is 11.9. The summed E-state index contributed by atoms with van der Waals surface area (Å²) in [5, 5.41) is 9.65. The monoisotopic (exact) mass is 236 g/mol. The molecule has 0 heterocycles. The third kappa shape index (κ3) is 2.99. The zero-order chi connectivity index (χ0) is 13.0. The van der Waals surface area contributed by atoms with E-state index in [1.807, 2.05) is 13.8 Å². The molecule has 3 heteroatoms. The molecule has 0 aliphatic rings. The lowest BCUT2D eigenvalue weighted by atomic mass is 9.97. The van der Waals surface area contributed by atoms with Crippen LogP contribution in [0.15, 0.2) is 6.07 Å². The van der Waals surface area contributed by atoms with E-state index < -0.39 is 0 Å². The van der Waals surface area contributed by atoms with Gasteiger partial charge in [-0.2, -0.15) is 0 Å². The van der Waals surface area contributed by atoms with Gasteiger partial charge in [0.05, 0.1) is 12.2 Å². The van der Waals surface area contributed by atoms with Crippen LogP contribution in [-0.4, -0.2) is 17.7 Å². The van der Waals surface area contributed by atoms with Crippen LogP contribution >= 0.6 is 0 Å². The number of ether oxygens (including phenoxy) is 1. The SMILES string of the molecule is CCCCOC(=O)c1c(C)cc(O)c(C)c1C. The van der Waals surface area contributed by atoms with Crippen molar-refractivity contribution in [1.29, 1.82) is 0 Å². The first kappa shape index (κ1) is 13.6. The van der Waals surface area contributed by atoms with E-state index in [1.54, 1.807) is 13.0 Å². The molecule has 1 aromatic carbocycles. The number of rotatable bonds is 4. The van der Waals surface area contributed by atoms with Gasteiger partial charge < -0.3 is 9.84 Å². The van der Waals surface area contributed by atoms with Crippen LogP contribution < -0.4 is 0 Å². The topological polar surface area (TPSA) is 46.5 Å². The largest absolute Gasteiger partial charge is 0.508 e. The van der Waals surface area contributed by atoms with Crippen LogP contribution in [0, 0.1) is 20.8 Å². The van der Waals surface area contributed by atoms with Crippen molar-refractivity contribution in [2.24, 2.45) is 0 Å². The molecular weight excluding hydrogens is 216 g/mol. The van der Waals surface area contributed by atoms with E-state index in [0.29, 0.717) is 12.2 Å². The molecule has 0 aromatic heterocycles. The Morgan fingerprint density at radius 1 is 1.29 bits per heavy atom. The highest BCUT2D eigenvalue weighted by Crippen LogP contribution is 2.26. The van der Waals surface area contributed by atoms with Crippen LogP contribution in [0.1, 0.15) is 46.8 Å². The molecule has 0 unspecified atom stereocenters. The first-order chi connectivity index (χ1) is 7.99. The average molecular weight is 236 g/mol. The first-order valence-corrected chi connectivity index (χ1v) is 5.95. The maximum absolute atomic E-state index is 11.9. The maximum Gasteiger partial charge on any atom is 0.338 e. The van der Waals surface area contributed by atoms with Gasteiger partial charge in [-0.25, -0.2) is 4.79 Å². The molecule has 94 valence electrons. The number of esters is 1. The molecule has 1 aromatic rings. The zero-order valence-corrected chi connectivity index (χ0v) is 11.0. The van der Waals surface area contributed by atoms with E-state index in [4.69, 9.17) is 4.74 Å². The second kappa shape index (κ2) is 5.71. The molecule has 0 atom stereocenters. The quantitative estimate of drug-likeness (QED) is 0.644. The Labute approximate surface area is 102 Å². The van der Waals surface area contributed by atoms with Crippen LogP contribution in [0.5, 0.6) is 5.75 Å². The summed E-state index contributed by atoms with van der Waals surface area (Å²) in [6, 6.07) is 1.61. The van der Waals surface area contributed by atoms with Gasteiger partial charge in [0, 0.05) is 0 Å². The summed E-state index contributed by atoms with van der Waals surface area (Å²) < 4.78 is 5.20. The molecule has 0 saturated carbocycles. The summed E-state index contributed by atoms with van der Waals surface area (Å²) in [7, 11) is 0. The van der Waals surface area contributed by atoms with Crippen molar-refractivity contribution in [2.75, 3.05) is 6.61 Å². The van der Waals surface area contributed by atoms with Crippen LogP contribution in [0.4, 0.5) is 0 Å². The third-order valence-corrected chi connectivity index (χ3v) is 3.00. The Hall–Kier alpha value is -1.51. The number of carbonyl (C=O) groups excluding carboxylic acids is 1. The molecule has 0 radical (unpaired) electrons. The minimum Gasteiger partial charge on any atom is -0.508 e. The summed E-state index contributed by atoms with van der Waals surface area (Å²) in [5.74, 6) is -0.0679. The lowest BCUT2D eigenvalue weighted by molar-refractivity contribution is 0.0498. The fourth-order valence-corrected chi connectivity index (χ4v) is 1.76. The minimum absolute atomic E-state index is 0.227. The highest BCUT2D eigenvalue weighted by Gasteiger charge is 2.17. The predicted molar refractivity (Wildman–Crippen MR) is 67.5 cm³/mol. The number of phenolic OH excluding ortho intramolecular Hbond substituents is 1. The summed E-state index contributed by atoms with van der Waals surface area (Å²) in [6.45, 7) is 7.94. The summed E-state index contributed by atoms with van der Waals surface area (Å²) in [6.07, 6.45) is 1.88. The second-order valence-electron chi connectivity index (χ2n) is 4.33. The second-order valence-corrected chi connectivity index (χ2v) is 4.33. The molecule has 0 amide bonds. The molecule has 0 aliphatic heterocycles. The van der Waals surface area contributed by atoms with Crippen molar-refractivity contribution < 1.29 is 14.6 Å². The van der Waals surface area contributed by atoms with Crippen LogP contribution in [0.25, 0.3) is 0 Å². The number of benzene rings is 1. The fraction of sp³-hybridized carbons (Fsp3) is 0.500.